The SMILES string of the molecule is CC(=O)NC1CCN(S(=O)(=O)CCC2CCNCC2)CC1. The molecule has 2 fully saturated rings. The minimum absolute atomic E-state index is 0.0396. The van der Waals surface area contributed by atoms with Gasteiger partial charge in [0.1, 0.15) is 0 Å². The highest BCUT2D eigenvalue weighted by molar-refractivity contribution is 7.89. The Hall–Kier alpha value is -0.660. The van der Waals surface area contributed by atoms with E-state index in [4.69, 9.17) is 0 Å². The van der Waals surface area contributed by atoms with Gasteiger partial charge in [-0.1, -0.05) is 0 Å². The van der Waals surface area contributed by atoms with Crippen LogP contribution in [0.15, 0.2) is 0 Å². The van der Waals surface area contributed by atoms with Crippen LogP contribution in [0.2, 0.25) is 0 Å². The van der Waals surface area contributed by atoms with E-state index in [0.29, 0.717) is 31.8 Å². The van der Waals surface area contributed by atoms with Crippen molar-refractivity contribution in [2.75, 3.05) is 31.9 Å². The van der Waals surface area contributed by atoms with Gasteiger partial charge in [-0.15, -0.1) is 0 Å². The third kappa shape index (κ3) is 5.23. The number of carbonyl (C=O) groups is 1. The maximum atomic E-state index is 12.4. The molecule has 0 spiro atoms. The predicted octanol–water partition coefficient (Wildman–Crippen LogP) is 0.306. The van der Waals surface area contributed by atoms with E-state index >= 15 is 0 Å². The maximum Gasteiger partial charge on any atom is 0.217 e. The number of amides is 1. The zero-order chi connectivity index (χ0) is 15.3. The average molecular weight is 317 g/mol. The van der Waals surface area contributed by atoms with Crippen LogP contribution in [0, 0.1) is 5.92 Å². The maximum absolute atomic E-state index is 12.4. The van der Waals surface area contributed by atoms with Gasteiger partial charge in [0.25, 0.3) is 0 Å². The van der Waals surface area contributed by atoms with Crippen molar-refractivity contribution in [3.8, 4) is 0 Å². The summed E-state index contributed by atoms with van der Waals surface area (Å²) in [6.07, 6.45) is 4.37. The molecular formula is C14H27N3O3S. The summed E-state index contributed by atoms with van der Waals surface area (Å²) in [7, 11) is -3.13. The van der Waals surface area contributed by atoms with Gasteiger partial charge in [0.15, 0.2) is 0 Å². The van der Waals surface area contributed by atoms with Crippen LogP contribution < -0.4 is 10.6 Å². The smallest absolute Gasteiger partial charge is 0.217 e. The lowest BCUT2D eigenvalue weighted by molar-refractivity contribution is -0.119. The highest BCUT2D eigenvalue weighted by Crippen LogP contribution is 2.20. The minimum Gasteiger partial charge on any atom is -0.354 e. The number of piperidine rings is 2. The monoisotopic (exact) mass is 317 g/mol. The Labute approximate surface area is 127 Å². The summed E-state index contributed by atoms with van der Waals surface area (Å²) >= 11 is 0. The summed E-state index contributed by atoms with van der Waals surface area (Å²) in [5.74, 6) is 0.766. The number of nitrogens with one attached hydrogen (secondary N) is 2. The lowest BCUT2D eigenvalue weighted by Gasteiger charge is -2.32. The van der Waals surface area contributed by atoms with Crippen molar-refractivity contribution in [2.24, 2.45) is 5.92 Å². The molecule has 122 valence electrons. The third-order valence-corrected chi connectivity index (χ3v) is 6.40. The summed E-state index contributed by atoms with van der Waals surface area (Å²) in [6.45, 7) is 4.57. The van der Waals surface area contributed by atoms with Crippen molar-refractivity contribution in [2.45, 2.75) is 45.1 Å². The highest BCUT2D eigenvalue weighted by atomic mass is 32.2. The zero-order valence-electron chi connectivity index (χ0n) is 12.8. The van der Waals surface area contributed by atoms with E-state index in [1.54, 1.807) is 4.31 Å². The number of nitrogens with zero attached hydrogens (tertiary/aromatic N) is 1. The second-order valence-electron chi connectivity index (χ2n) is 6.17. The summed E-state index contributed by atoms with van der Waals surface area (Å²) in [5.41, 5.74) is 0. The molecule has 0 saturated carbocycles. The van der Waals surface area contributed by atoms with Crippen LogP contribution in [0.4, 0.5) is 0 Å². The highest BCUT2D eigenvalue weighted by Gasteiger charge is 2.28. The van der Waals surface area contributed by atoms with Crippen LogP contribution in [0.5, 0.6) is 0 Å². The zero-order valence-corrected chi connectivity index (χ0v) is 13.6. The second kappa shape index (κ2) is 7.56. The lowest BCUT2D eigenvalue weighted by Crippen LogP contribution is -2.46. The van der Waals surface area contributed by atoms with Crippen LogP contribution in [-0.4, -0.2) is 56.6 Å². The van der Waals surface area contributed by atoms with Gasteiger partial charge in [-0.25, -0.2) is 12.7 Å². The summed E-state index contributed by atoms with van der Waals surface area (Å²) in [6, 6.07) is 0.123. The fourth-order valence-electron chi connectivity index (χ4n) is 3.18. The molecule has 0 bridgehead atoms. The van der Waals surface area contributed by atoms with Crippen molar-refractivity contribution >= 4 is 15.9 Å². The predicted molar refractivity (Wildman–Crippen MR) is 82.4 cm³/mol. The Bertz CT molecular complexity index is 438. The molecule has 2 aliphatic heterocycles. The van der Waals surface area contributed by atoms with E-state index in [1.165, 1.54) is 6.92 Å². The first-order valence-corrected chi connectivity index (χ1v) is 9.54. The van der Waals surface area contributed by atoms with E-state index in [-0.39, 0.29) is 17.7 Å². The molecule has 2 saturated heterocycles. The molecule has 0 aliphatic carbocycles. The molecule has 0 atom stereocenters. The number of rotatable bonds is 5. The standard InChI is InChI=1S/C14H27N3O3S/c1-12(18)16-14-4-9-17(10-5-14)21(19,20)11-6-13-2-7-15-8-3-13/h13-15H,2-11H2,1H3,(H,16,18). The van der Waals surface area contributed by atoms with Gasteiger partial charge in [0.05, 0.1) is 5.75 Å². The largest absolute Gasteiger partial charge is 0.354 e. The number of sulfonamides is 1. The molecule has 0 radical (unpaired) electrons. The van der Waals surface area contributed by atoms with Crippen LogP contribution in [0.25, 0.3) is 0 Å². The Morgan fingerprint density at radius 3 is 2.38 bits per heavy atom. The molecule has 0 aromatic rings. The van der Waals surface area contributed by atoms with Crippen molar-refractivity contribution in [1.82, 2.24) is 14.9 Å². The van der Waals surface area contributed by atoms with Gasteiger partial charge in [-0.3, -0.25) is 4.79 Å². The van der Waals surface area contributed by atoms with Gasteiger partial charge < -0.3 is 10.6 Å². The topological polar surface area (TPSA) is 78.5 Å². The van der Waals surface area contributed by atoms with Gasteiger partial charge in [-0.05, 0) is 51.1 Å². The molecular weight excluding hydrogens is 290 g/mol. The molecule has 2 aliphatic rings. The molecule has 0 unspecified atom stereocenters. The summed E-state index contributed by atoms with van der Waals surface area (Å²) < 4.78 is 26.4. The van der Waals surface area contributed by atoms with Crippen LogP contribution in [0.3, 0.4) is 0 Å². The molecule has 2 heterocycles. The molecule has 1 amide bonds. The molecule has 2 N–H and O–H groups in total. The Kier molecular flexibility index (Phi) is 6.01. The van der Waals surface area contributed by atoms with Crippen molar-refractivity contribution in [3.05, 3.63) is 0 Å². The molecule has 0 aromatic carbocycles. The molecule has 7 heteroatoms. The number of hydrogen-bond donors (Lipinski definition) is 2. The van der Waals surface area contributed by atoms with E-state index in [2.05, 4.69) is 10.6 Å². The Balaban J connectivity index is 1.76. The van der Waals surface area contributed by atoms with E-state index in [1.807, 2.05) is 0 Å². The summed E-state index contributed by atoms with van der Waals surface area (Å²) in [5, 5.41) is 6.17. The van der Waals surface area contributed by atoms with Crippen LogP contribution >= 0.6 is 0 Å². The fraction of sp³-hybridized carbons (Fsp3) is 0.929. The molecule has 21 heavy (non-hydrogen) atoms. The van der Waals surface area contributed by atoms with Crippen molar-refractivity contribution in [3.63, 3.8) is 0 Å². The van der Waals surface area contributed by atoms with Gasteiger partial charge in [0, 0.05) is 26.1 Å². The summed E-state index contributed by atoms with van der Waals surface area (Å²) in [4.78, 5) is 11.0. The fourth-order valence-corrected chi connectivity index (χ4v) is 4.84. The first-order chi connectivity index (χ1) is 9.97. The van der Waals surface area contributed by atoms with Gasteiger partial charge >= 0.3 is 0 Å². The molecule has 2 rings (SSSR count). The average Bonchev–Trinajstić information content (AvgIpc) is 2.46. The minimum atomic E-state index is -3.13. The van der Waals surface area contributed by atoms with Gasteiger partial charge in [-0.2, -0.15) is 0 Å². The van der Waals surface area contributed by atoms with E-state index in [9.17, 15) is 13.2 Å². The number of carbonyl (C=O) groups excluding carboxylic acids is 1. The Morgan fingerprint density at radius 2 is 1.81 bits per heavy atom. The van der Waals surface area contributed by atoms with Crippen molar-refractivity contribution in [1.29, 1.82) is 0 Å². The quantitative estimate of drug-likeness (QED) is 0.765. The first-order valence-electron chi connectivity index (χ1n) is 7.93. The van der Waals surface area contributed by atoms with Crippen LogP contribution in [-0.2, 0) is 14.8 Å². The normalized spacial score (nSPS) is 23.1. The van der Waals surface area contributed by atoms with Crippen LogP contribution in [0.1, 0.15) is 39.0 Å². The first kappa shape index (κ1) is 16.7. The van der Waals surface area contributed by atoms with Crippen molar-refractivity contribution < 1.29 is 13.2 Å². The molecule has 6 nitrogen and oxygen atoms in total. The van der Waals surface area contributed by atoms with Gasteiger partial charge in [0.2, 0.25) is 15.9 Å². The number of hydrogen-bond acceptors (Lipinski definition) is 4. The molecule has 0 aromatic heterocycles. The Morgan fingerprint density at radius 1 is 1.19 bits per heavy atom. The second-order valence-corrected chi connectivity index (χ2v) is 8.26. The van der Waals surface area contributed by atoms with E-state index in [0.717, 1.165) is 32.4 Å². The third-order valence-electron chi connectivity index (χ3n) is 4.50. The lowest BCUT2D eigenvalue weighted by atomic mass is 9.96. The van der Waals surface area contributed by atoms with E-state index < -0.39 is 10.0 Å².